The summed E-state index contributed by atoms with van der Waals surface area (Å²) in [6.07, 6.45) is 0. The Hall–Kier alpha value is -2.32. The van der Waals surface area contributed by atoms with Crippen molar-refractivity contribution in [1.29, 1.82) is 0 Å². The maximum absolute atomic E-state index is 11.9. The summed E-state index contributed by atoms with van der Waals surface area (Å²) in [7, 11) is 0. The molecule has 0 aliphatic heterocycles. The maximum atomic E-state index is 11.9. The molecule has 5 heteroatoms. The molecule has 1 rings (SSSR count). The minimum Gasteiger partial charge on any atom is -0.352 e. The van der Waals surface area contributed by atoms with Crippen LogP contribution in [0.3, 0.4) is 0 Å². The second-order valence-corrected chi connectivity index (χ2v) is 4.49. The van der Waals surface area contributed by atoms with Crippen molar-refractivity contribution in [3.8, 4) is 11.8 Å². The van der Waals surface area contributed by atoms with Gasteiger partial charge in [-0.15, -0.1) is 0 Å². The average molecular weight is 273 g/mol. The Morgan fingerprint density at radius 2 is 2.10 bits per heavy atom. The molecule has 5 nitrogen and oxygen atoms in total. The van der Waals surface area contributed by atoms with Crippen molar-refractivity contribution in [3.63, 3.8) is 0 Å². The highest BCUT2D eigenvalue weighted by Gasteiger charge is 2.08. The number of hydrogen-bond acceptors (Lipinski definition) is 3. The monoisotopic (exact) mass is 273 g/mol. The molecule has 0 radical (unpaired) electrons. The number of amides is 2. The third-order valence-electron chi connectivity index (χ3n) is 2.32. The molecule has 0 bridgehead atoms. The third-order valence-corrected chi connectivity index (χ3v) is 2.32. The van der Waals surface area contributed by atoms with Gasteiger partial charge in [-0.25, -0.2) is 0 Å². The number of nitrogens with two attached hydrogens (primary N) is 1. The molecule has 20 heavy (non-hydrogen) atoms. The van der Waals surface area contributed by atoms with Crippen LogP contribution >= 0.6 is 0 Å². The highest BCUT2D eigenvalue weighted by molar-refractivity contribution is 5.96. The molecule has 0 aliphatic rings. The van der Waals surface area contributed by atoms with Crippen molar-refractivity contribution in [2.24, 2.45) is 5.73 Å². The van der Waals surface area contributed by atoms with Gasteiger partial charge in [0, 0.05) is 17.2 Å². The quantitative estimate of drug-likeness (QED) is 0.688. The van der Waals surface area contributed by atoms with Crippen LogP contribution in [0, 0.1) is 11.8 Å². The molecule has 1 aromatic carbocycles. The maximum Gasteiger partial charge on any atom is 0.251 e. The standard InChI is InChI=1S/C15H19N3O2/c1-11(2)18-14(19)10-17-15(20)13-7-3-5-12(9-13)6-4-8-16/h3,5,7,9,11H,8,10,16H2,1-2H3,(H,17,20)(H,18,19). The molecule has 0 aliphatic carbocycles. The van der Waals surface area contributed by atoms with E-state index in [2.05, 4.69) is 22.5 Å². The van der Waals surface area contributed by atoms with Gasteiger partial charge in [-0.2, -0.15) is 0 Å². The van der Waals surface area contributed by atoms with Gasteiger partial charge < -0.3 is 16.4 Å². The average Bonchev–Trinajstić information content (AvgIpc) is 2.42. The van der Waals surface area contributed by atoms with E-state index in [1.807, 2.05) is 13.8 Å². The van der Waals surface area contributed by atoms with Crippen LogP contribution in [0.1, 0.15) is 29.8 Å². The highest BCUT2D eigenvalue weighted by Crippen LogP contribution is 2.03. The summed E-state index contributed by atoms with van der Waals surface area (Å²) in [6.45, 7) is 3.94. The van der Waals surface area contributed by atoms with Crippen LogP contribution in [0.15, 0.2) is 24.3 Å². The summed E-state index contributed by atoms with van der Waals surface area (Å²) in [5, 5.41) is 5.26. The van der Waals surface area contributed by atoms with Crippen molar-refractivity contribution in [1.82, 2.24) is 10.6 Å². The van der Waals surface area contributed by atoms with E-state index in [1.165, 1.54) is 0 Å². The Kier molecular flexibility index (Phi) is 6.27. The number of nitrogens with one attached hydrogen (secondary N) is 2. The van der Waals surface area contributed by atoms with Crippen LogP contribution in [0.4, 0.5) is 0 Å². The van der Waals surface area contributed by atoms with E-state index < -0.39 is 0 Å². The van der Waals surface area contributed by atoms with Crippen molar-refractivity contribution in [2.45, 2.75) is 19.9 Å². The molecular formula is C15H19N3O2. The molecule has 2 amide bonds. The molecular weight excluding hydrogens is 254 g/mol. The normalized spacial score (nSPS) is 9.60. The predicted octanol–water partition coefficient (Wildman–Crippen LogP) is 0.251. The van der Waals surface area contributed by atoms with Crippen molar-refractivity contribution < 1.29 is 9.59 Å². The zero-order valence-electron chi connectivity index (χ0n) is 11.7. The molecule has 0 heterocycles. The van der Waals surface area contributed by atoms with E-state index in [9.17, 15) is 9.59 Å². The first kappa shape index (κ1) is 15.7. The summed E-state index contributed by atoms with van der Waals surface area (Å²) in [5.41, 5.74) is 6.48. The Balaban J connectivity index is 2.61. The topological polar surface area (TPSA) is 84.2 Å². The lowest BCUT2D eigenvalue weighted by atomic mass is 10.1. The van der Waals surface area contributed by atoms with Gasteiger partial charge in [-0.1, -0.05) is 17.9 Å². The first-order chi connectivity index (χ1) is 9.52. The molecule has 4 N–H and O–H groups in total. The van der Waals surface area contributed by atoms with E-state index in [1.54, 1.807) is 24.3 Å². The van der Waals surface area contributed by atoms with Crippen LogP contribution in [0.2, 0.25) is 0 Å². The van der Waals surface area contributed by atoms with E-state index in [0.29, 0.717) is 5.56 Å². The van der Waals surface area contributed by atoms with Crippen LogP contribution in [-0.4, -0.2) is 30.9 Å². The van der Waals surface area contributed by atoms with Crippen molar-refractivity contribution in [3.05, 3.63) is 35.4 Å². The fraction of sp³-hybridized carbons (Fsp3) is 0.333. The minimum absolute atomic E-state index is 0.0459. The number of carbonyl (C=O) groups is 2. The Bertz CT molecular complexity index is 542. The number of benzene rings is 1. The molecule has 0 fully saturated rings. The van der Waals surface area contributed by atoms with Crippen LogP contribution in [0.25, 0.3) is 0 Å². The molecule has 0 aromatic heterocycles. The fourth-order valence-electron chi connectivity index (χ4n) is 1.53. The summed E-state index contributed by atoms with van der Waals surface area (Å²) in [4.78, 5) is 23.3. The molecule has 0 atom stereocenters. The second-order valence-electron chi connectivity index (χ2n) is 4.49. The largest absolute Gasteiger partial charge is 0.352 e. The molecule has 0 saturated heterocycles. The van der Waals surface area contributed by atoms with Crippen LogP contribution in [-0.2, 0) is 4.79 Å². The van der Waals surface area contributed by atoms with E-state index in [-0.39, 0.29) is 30.9 Å². The minimum atomic E-state index is -0.305. The molecule has 0 saturated carbocycles. The zero-order valence-corrected chi connectivity index (χ0v) is 11.7. The Morgan fingerprint density at radius 1 is 1.35 bits per heavy atom. The lowest BCUT2D eigenvalue weighted by Gasteiger charge is -2.09. The number of carbonyl (C=O) groups excluding carboxylic acids is 2. The van der Waals surface area contributed by atoms with Crippen LogP contribution in [0.5, 0.6) is 0 Å². The van der Waals surface area contributed by atoms with Gasteiger partial charge in [-0.3, -0.25) is 9.59 Å². The molecule has 1 aromatic rings. The van der Waals surface area contributed by atoms with Gasteiger partial charge >= 0.3 is 0 Å². The summed E-state index contributed by atoms with van der Waals surface area (Å²) < 4.78 is 0. The molecule has 0 spiro atoms. The Morgan fingerprint density at radius 3 is 2.75 bits per heavy atom. The van der Waals surface area contributed by atoms with Gasteiger partial charge in [0.05, 0.1) is 13.1 Å². The van der Waals surface area contributed by atoms with Gasteiger partial charge in [0.15, 0.2) is 0 Å². The van der Waals surface area contributed by atoms with E-state index in [0.717, 1.165) is 5.56 Å². The van der Waals surface area contributed by atoms with Crippen molar-refractivity contribution >= 4 is 11.8 Å². The zero-order chi connectivity index (χ0) is 15.0. The molecule has 106 valence electrons. The SMILES string of the molecule is CC(C)NC(=O)CNC(=O)c1cccc(C#CCN)c1. The second kappa shape index (κ2) is 7.97. The smallest absolute Gasteiger partial charge is 0.251 e. The van der Waals surface area contributed by atoms with Gasteiger partial charge in [0.2, 0.25) is 5.91 Å². The van der Waals surface area contributed by atoms with E-state index in [4.69, 9.17) is 5.73 Å². The summed E-state index contributed by atoms with van der Waals surface area (Å²) in [6, 6.07) is 6.92. The predicted molar refractivity (Wildman–Crippen MR) is 78.0 cm³/mol. The lowest BCUT2D eigenvalue weighted by molar-refractivity contribution is -0.120. The van der Waals surface area contributed by atoms with Crippen molar-refractivity contribution in [2.75, 3.05) is 13.1 Å². The van der Waals surface area contributed by atoms with Gasteiger partial charge in [0.25, 0.3) is 5.91 Å². The third kappa shape index (κ3) is 5.55. The highest BCUT2D eigenvalue weighted by atomic mass is 16.2. The van der Waals surface area contributed by atoms with E-state index >= 15 is 0 Å². The van der Waals surface area contributed by atoms with Crippen LogP contribution < -0.4 is 16.4 Å². The molecule has 0 unspecified atom stereocenters. The number of rotatable bonds is 4. The van der Waals surface area contributed by atoms with Gasteiger partial charge in [0.1, 0.15) is 0 Å². The fourth-order valence-corrected chi connectivity index (χ4v) is 1.53. The first-order valence-corrected chi connectivity index (χ1v) is 6.39. The number of hydrogen-bond donors (Lipinski definition) is 3. The summed E-state index contributed by atoms with van der Waals surface area (Å²) >= 11 is 0. The lowest BCUT2D eigenvalue weighted by Crippen LogP contribution is -2.39. The van der Waals surface area contributed by atoms with Gasteiger partial charge in [-0.05, 0) is 32.0 Å². The summed E-state index contributed by atoms with van der Waals surface area (Å²) in [5.74, 6) is 5.06. The first-order valence-electron chi connectivity index (χ1n) is 6.39. The Labute approximate surface area is 118 Å².